The van der Waals surface area contributed by atoms with E-state index in [1.807, 2.05) is 24.3 Å². The monoisotopic (exact) mass is 250 g/mol. The molecule has 0 saturated carbocycles. The summed E-state index contributed by atoms with van der Waals surface area (Å²) in [6.07, 6.45) is 0. The Hall–Kier alpha value is -1.59. The van der Waals surface area contributed by atoms with Crippen LogP contribution in [-0.4, -0.2) is 26.2 Å². The predicted molar refractivity (Wildman–Crippen MR) is 70.4 cm³/mol. The topological polar surface area (TPSA) is 64.3 Å². The molecule has 1 amide bonds. The number of nitrogens with two attached hydrogens (primary N) is 1. The van der Waals surface area contributed by atoms with Gasteiger partial charge >= 0.3 is 0 Å². The summed E-state index contributed by atoms with van der Waals surface area (Å²) in [6, 6.07) is 7.50. The molecule has 1 aromatic carbocycles. The molecule has 0 aliphatic rings. The van der Waals surface area contributed by atoms with Crippen LogP contribution in [0, 0.1) is 0 Å². The highest BCUT2D eigenvalue weighted by atomic mass is 32.1. The fourth-order valence-corrected chi connectivity index (χ4v) is 2.49. The lowest BCUT2D eigenvalue weighted by Crippen LogP contribution is -2.26. The number of carbonyl (C=O) groups excluding carboxylic acids is 1. The third kappa shape index (κ3) is 2.75. The first-order valence-electron chi connectivity index (χ1n) is 5.27. The minimum absolute atomic E-state index is 0.0678. The van der Waals surface area contributed by atoms with E-state index in [4.69, 9.17) is 10.5 Å². The maximum atomic E-state index is 11.8. The Morgan fingerprint density at radius 2 is 2.29 bits per heavy atom. The molecule has 2 rings (SSSR count). The maximum absolute atomic E-state index is 11.8. The van der Waals surface area contributed by atoms with E-state index in [2.05, 4.69) is 5.32 Å². The molecular weight excluding hydrogens is 236 g/mol. The molecule has 0 saturated heterocycles. The van der Waals surface area contributed by atoms with Crippen LogP contribution in [0.4, 0.5) is 5.69 Å². The molecule has 5 heteroatoms. The lowest BCUT2D eigenvalue weighted by atomic mass is 10.2. The number of hydrogen-bond donors (Lipinski definition) is 2. The van der Waals surface area contributed by atoms with Crippen molar-refractivity contribution < 1.29 is 9.53 Å². The minimum Gasteiger partial charge on any atom is -0.399 e. The van der Waals surface area contributed by atoms with Crippen molar-refractivity contribution in [3.8, 4) is 0 Å². The number of amides is 1. The third-order valence-corrected chi connectivity index (χ3v) is 3.47. The van der Waals surface area contributed by atoms with Gasteiger partial charge in [-0.2, -0.15) is 0 Å². The second kappa shape index (κ2) is 5.16. The van der Waals surface area contributed by atoms with Crippen LogP contribution in [0.2, 0.25) is 0 Å². The van der Waals surface area contributed by atoms with Crippen LogP contribution in [0.5, 0.6) is 0 Å². The molecule has 2 aromatic rings. The quantitative estimate of drug-likeness (QED) is 0.643. The van der Waals surface area contributed by atoms with Gasteiger partial charge in [0.1, 0.15) is 0 Å². The number of hydrogen-bond acceptors (Lipinski definition) is 4. The largest absolute Gasteiger partial charge is 0.399 e. The zero-order valence-electron chi connectivity index (χ0n) is 9.53. The Kier molecular flexibility index (Phi) is 3.61. The highest BCUT2D eigenvalue weighted by molar-refractivity contribution is 7.20. The number of anilines is 1. The molecule has 0 spiro atoms. The molecule has 0 aliphatic heterocycles. The molecule has 0 fully saturated rings. The molecule has 0 bridgehead atoms. The summed E-state index contributed by atoms with van der Waals surface area (Å²) in [5.41, 5.74) is 6.40. The number of ether oxygens (including phenoxy) is 1. The van der Waals surface area contributed by atoms with Crippen molar-refractivity contribution in [3.05, 3.63) is 29.1 Å². The lowest BCUT2D eigenvalue weighted by molar-refractivity contribution is 0.0941. The normalized spacial score (nSPS) is 10.6. The highest BCUT2D eigenvalue weighted by Gasteiger charge is 2.09. The summed E-state index contributed by atoms with van der Waals surface area (Å²) < 4.78 is 5.94. The smallest absolute Gasteiger partial charge is 0.261 e. The minimum atomic E-state index is -0.0678. The standard InChI is InChI=1S/C12H14N2O2S/c1-16-5-4-14-12(15)11-7-8-6-9(13)2-3-10(8)17-11/h2-3,6-7H,4-5,13H2,1H3,(H,14,15). The van der Waals surface area contributed by atoms with Gasteiger partial charge in [-0.05, 0) is 29.7 Å². The van der Waals surface area contributed by atoms with Crippen molar-refractivity contribution in [2.45, 2.75) is 0 Å². The van der Waals surface area contributed by atoms with E-state index in [1.54, 1.807) is 7.11 Å². The molecule has 3 N–H and O–H groups in total. The van der Waals surface area contributed by atoms with E-state index in [-0.39, 0.29) is 5.91 Å². The van der Waals surface area contributed by atoms with E-state index in [0.29, 0.717) is 23.7 Å². The molecule has 4 nitrogen and oxygen atoms in total. The van der Waals surface area contributed by atoms with Crippen LogP contribution >= 0.6 is 11.3 Å². The van der Waals surface area contributed by atoms with Crippen LogP contribution in [0.25, 0.3) is 10.1 Å². The Balaban J connectivity index is 2.15. The van der Waals surface area contributed by atoms with E-state index in [1.165, 1.54) is 11.3 Å². The first-order chi connectivity index (χ1) is 8.20. The number of carbonyl (C=O) groups is 1. The van der Waals surface area contributed by atoms with Gasteiger partial charge in [0, 0.05) is 24.0 Å². The van der Waals surface area contributed by atoms with Crippen molar-refractivity contribution in [3.63, 3.8) is 0 Å². The number of methoxy groups -OCH3 is 1. The van der Waals surface area contributed by atoms with Crippen LogP contribution in [0.3, 0.4) is 0 Å². The fraction of sp³-hybridized carbons (Fsp3) is 0.250. The summed E-state index contributed by atoms with van der Waals surface area (Å²) in [5, 5.41) is 3.80. The first-order valence-corrected chi connectivity index (χ1v) is 6.08. The summed E-state index contributed by atoms with van der Waals surface area (Å²) in [6.45, 7) is 1.04. The van der Waals surface area contributed by atoms with Crippen LogP contribution < -0.4 is 11.1 Å². The van der Waals surface area contributed by atoms with Crippen molar-refractivity contribution in [1.29, 1.82) is 0 Å². The molecule has 0 atom stereocenters. The molecule has 1 heterocycles. The van der Waals surface area contributed by atoms with Crippen LogP contribution in [-0.2, 0) is 4.74 Å². The van der Waals surface area contributed by atoms with Crippen LogP contribution in [0.1, 0.15) is 9.67 Å². The van der Waals surface area contributed by atoms with Crippen molar-refractivity contribution in [1.82, 2.24) is 5.32 Å². The molecule has 0 unspecified atom stereocenters. The molecule has 0 radical (unpaired) electrons. The number of benzene rings is 1. The van der Waals surface area contributed by atoms with Gasteiger partial charge in [0.25, 0.3) is 5.91 Å². The number of nitrogen functional groups attached to an aromatic ring is 1. The Bertz CT molecular complexity index is 536. The molecular formula is C12H14N2O2S. The zero-order chi connectivity index (χ0) is 12.3. The second-order valence-electron chi connectivity index (χ2n) is 3.66. The Morgan fingerprint density at radius 3 is 3.06 bits per heavy atom. The maximum Gasteiger partial charge on any atom is 0.261 e. The van der Waals surface area contributed by atoms with Gasteiger partial charge in [-0.3, -0.25) is 4.79 Å². The second-order valence-corrected chi connectivity index (χ2v) is 4.74. The van der Waals surface area contributed by atoms with Gasteiger partial charge in [-0.1, -0.05) is 0 Å². The van der Waals surface area contributed by atoms with E-state index in [9.17, 15) is 4.79 Å². The number of thiophene rings is 1. The summed E-state index contributed by atoms with van der Waals surface area (Å²) in [7, 11) is 1.61. The summed E-state index contributed by atoms with van der Waals surface area (Å²) in [5.74, 6) is -0.0678. The first kappa shape index (κ1) is 11.9. The van der Waals surface area contributed by atoms with Gasteiger partial charge in [-0.25, -0.2) is 0 Å². The van der Waals surface area contributed by atoms with Gasteiger partial charge in [-0.15, -0.1) is 11.3 Å². The SMILES string of the molecule is COCCNC(=O)c1cc2cc(N)ccc2s1. The number of rotatable bonds is 4. The Labute approximate surface area is 103 Å². The highest BCUT2D eigenvalue weighted by Crippen LogP contribution is 2.27. The number of nitrogens with one attached hydrogen (secondary N) is 1. The lowest BCUT2D eigenvalue weighted by Gasteiger charge is -2.01. The molecule has 90 valence electrons. The molecule has 0 aliphatic carbocycles. The van der Waals surface area contributed by atoms with Crippen LogP contribution in [0.15, 0.2) is 24.3 Å². The fourth-order valence-electron chi connectivity index (χ4n) is 1.53. The average molecular weight is 250 g/mol. The zero-order valence-corrected chi connectivity index (χ0v) is 10.3. The van der Waals surface area contributed by atoms with Gasteiger partial charge in [0.2, 0.25) is 0 Å². The molecule has 17 heavy (non-hydrogen) atoms. The Morgan fingerprint density at radius 1 is 1.47 bits per heavy atom. The third-order valence-electron chi connectivity index (χ3n) is 2.36. The summed E-state index contributed by atoms with van der Waals surface area (Å²) >= 11 is 1.46. The van der Waals surface area contributed by atoms with E-state index < -0.39 is 0 Å². The van der Waals surface area contributed by atoms with Crippen molar-refractivity contribution in [2.24, 2.45) is 0 Å². The van der Waals surface area contributed by atoms with Crippen molar-refractivity contribution in [2.75, 3.05) is 26.0 Å². The van der Waals surface area contributed by atoms with E-state index >= 15 is 0 Å². The summed E-state index contributed by atoms with van der Waals surface area (Å²) in [4.78, 5) is 12.5. The van der Waals surface area contributed by atoms with E-state index in [0.717, 1.165) is 10.1 Å². The predicted octanol–water partition coefficient (Wildman–Crippen LogP) is 1.86. The van der Waals surface area contributed by atoms with Crippen molar-refractivity contribution >= 4 is 33.0 Å². The van der Waals surface area contributed by atoms with Gasteiger partial charge < -0.3 is 15.8 Å². The van der Waals surface area contributed by atoms with Gasteiger partial charge in [0.05, 0.1) is 11.5 Å². The average Bonchev–Trinajstić information content (AvgIpc) is 2.72. The molecule has 1 aromatic heterocycles. The van der Waals surface area contributed by atoms with Gasteiger partial charge in [0.15, 0.2) is 0 Å². The number of fused-ring (bicyclic) bond motifs is 1.